The Morgan fingerprint density at radius 3 is 2.38 bits per heavy atom. The number of hydrogen-bond donors (Lipinski definition) is 1. The first-order chi connectivity index (χ1) is 7.47. The monoisotopic (exact) mass is 244 g/mol. The average Bonchev–Trinajstić information content (AvgIpc) is 2.25. The summed E-state index contributed by atoms with van der Waals surface area (Å²) < 4.78 is 0. The molecule has 2 amide bonds. The average molecular weight is 244 g/mol. The van der Waals surface area contributed by atoms with Gasteiger partial charge in [0.25, 0.3) is 0 Å². The van der Waals surface area contributed by atoms with E-state index < -0.39 is 5.91 Å². The first-order valence-electron chi connectivity index (χ1n) is 5.62. The number of rotatable bonds is 4. The van der Waals surface area contributed by atoms with Gasteiger partial charge in [0.2, 0.25) is 0 Å². The molecule has 0 aromatic rings. The number of hydrogen-bond acceptors (Lipinski definition) is 3. The Morgan fingerprint density at radius 2 is 1.88 bits per heavy atom. The highest BCUT2D eigenvalue weighted by Gasteiger charge is 2.31. The number of carbonyl (C=O) groups excluding carboxylic acids is 2. The van der Waals surface area contributed by atoms with Crippen LogP contribution >= 0.6 is 12.6 Å². The van der Waals surface area contributed by atoms with E-state index >= 15 is 0 Å². The molecule has 5 heteroatoms. The Morgan fingerprint density at radius 1 is 1.25 bits per heavy atom. The lowest BCUT2D eigenvalue weighted by atomic mass is 9.97. The van der Waals surface area contributed by atoms with Crippen LogP contribution in [-0.4, -0.2) is 54.0 Å². The van der Waals surface area contributed by atoms with Gasteiger partial charge in [-0.15, -0.1) is 0 Å². The largest absolute Gasteiger partial charge is 0.336 e. The van der Waals surface area contributed by atoms with Crippen LogP contribution in [0.5, 0.6) is 0 Å². The molecule has 1 aliphatic heterocycles. The third-order valence-electron chi connectivity index (χ3n) is 3.15. The summed E-state index contributed by atoms with van der Waals surface area (Å²) in [6.07, 6.45) is 0. The van der Waals surface area contributed by atoms with E-state index in [0.29, 0.717) is 31.5 Å². The summed E-state index contributed by atoms with van der Waals surface area (Å²) in [6, 6.07) is 0. The zero-order valence-corrected chi connectivity index (χ0v) is 11.0. The van der Waals surface area contributed by atoms with Gasteiger partial charge in [-0.25, -0.2) is 0 Å². The lowest BCUT2D eigenvalue weighted by molar-refractivity contribution is -0.155. The van der Waals surface area contributed by atoms with E-state index in [1.165, 1.54) is 4.90 Å². The third-order valence-corrected chi connectivity index (χ3v) is 3.62. The van der Waals surface area contributed by atoms with E-state index in [2.05, 4.69) is 26.5 Å². The summed E-state index contributed by atoms with van der Waals surface area (Å²) >= 11 is 4.29. The lowest BCUT2D eigenvalue weighted by Crippen LogP contribution is -2.54. The zero-order valence-electron chi connectivity index (χ0n) is 10.1. The molecule has 1 unspecified atom stereocenters. The molecule has 0 radical (unpaired) electrons. The normalized spacial score (nSPS) is 19.6. The highest BCUT2D eigenvalue weighted by atomic mass is 32.1. The van der Waals surface area contributed by atoms with E-state index in [1.807, 2.05) is 0 Å². The van der Waals surface area contributed by atoms with Crippen molar-refractivity contribution in [1.82, 2.24) is 9.80 Å². The van der Waals surface area contributed by atoms with Crippen LogP contribution < -0.4 is 0 Å². The van der Waals surface area contributed by atoms with Crippen LogP contribution in [0.2, 0.25) is 0 Å². The summed E-state index contributed by atoms with van der Waals surface area (Å²) in [5.74, 6) is 0.795. The molecule has 1 saturated heterocycles. The maximum Gasteiger partial charge on any atom is 0.312 e. The topological polar surface area (TPSA) is 40.6 Å². The van der Waals surface area contributed by atoms with Crippen molar-refractivity contribution in [2.24, 2.45) is 11.8 Å². The van der Waals surface area contributed by atoms with Crippen molar-refractivity contribution in [3.8, 4) is 0 Å². The van der Waals surface area contributed by atoms with E-state index in [4.69, 9.17) is 0 Å². The molecule has 0 saturated carbocycles. The zero-order chi connectivity index (χ0) is 12.3. The van der Waals surface area contributed by atoms with E-state index in [1.54, 1.807) is 11.9 Å². The molecule has 4 nitrogen and oxygen atoms in total. The highest BCUT2D eigenvalue weighted by Crippen LogP contribution is 2.16. The predicted octanol–water partition coefficient (Wildman–Crippen LogP) is 0.489. The summed E-state index contributed by atoms with van der Waals surface area (Å²) in [4.78, 5) is 26.3. The van der Waals surface area contributed by atoms with Crippen LogP contribution in [0.25, 0.3) is 0 Å². The fourth-order valence-electron chi connectivity index (χ4n) is 1.71. The quantitative estimate of drug-likeness (QED) is 0.577. The van der Waals surface area contributed by atoms with Gasteiger partial charge in [0.1, 0.15) is 0 Å². The predicted molar refractivity (Wildman–Crippen MR) is 66.4 cm³/mol. The van der Waals surface area contributed by atoms with Gasteiger partial charge in [0.05, 0.1) is 0 Å². The molecule has 16 heavy (non-hydrogen) atoms. The minimum absolute atomic E-state index is 0.350. The molecule has 0 spiro atoms. The molecule has 0 N–H and O–H groups in total. The Bertz CT molecular complexity index is 281. The number of likely N-dealkylation sites (N-methyl/N-ethyl adjacent to an activating group) is 1. The van der Waals surface area contributed by atoms with Crippen molar-refractivity contribution in [3.63, 3.8) is 0 Å². The van der Waals surface area contributed by atoms with Gasteiger partial charge in [-0.1, -0.05) is 13.8 Å². The van der Waals surface area contributed by atoms with Gasteiger partial charge in [-0.3, -0.25) is 9.59 Å². The molecule has 92 valence electrons. The van der Waals surface area contributed by atoms with Crippen LogP contribution in [0.15, 0.2) is 0 Å². The van der Waals surface area contributed by atoms with Gasteiger partial charge in [0, 0.05) is 26.7 Å². The summed E-state index contributed by atoms with van der Waals surface area (Å²) in [7, 11) is 1.66. The van der Waals surface area contributed by atoms with Crippen molar-refractivity contribution < 1.29 is 9.59 Å². The van der Waals surface area contributed by atoms with Crippen molar-refractivity contribution in [3.05, 3.63) is 0 Å². The Balaban J connectivity index is 2.61. The van der Waals surface area contributed by atoms with Crippen LogP contribution in [0.4, 0.5) is 0 Å². The molecule has 1 rings (SSSR count). The van der Waals surface area contributed by atoms with Gasteiger partial charge in [-0.2, -0.15) is 12.6 Å². The summed E-state index contributed by atoms with van der Waals surface area (Å²) in [5.41, 5.74) is 0. The first-order valence-corrected chi connectivity index (χ1v) is 6.25. The Kier molecular flexibility index (Phi) is 4.65. The van der Waals surface area contributed by atoms with E-state index in [0.717, 1.165) is 5.75 Å². The van der Waals surface area contributed by atoms with Crippen molar-refractivity contribution >= 4 is 24.4 Å². The SMILES string of the molecule is CC(C)C(CS)CN1CCN(C)C(=O)C1=O. The van der Waals surface area contributed by atoms with Gasteiger partial charge >= 0.3 is 11.8 Å². The van der Waals surface area contributed by atoms with Crippen molar-refractivity contribution in [2.75, 3.05) is 32.4 Å². The van der Waals surface area contributed by atoms with Crippen LogP contribution in [0.3, 0.4) is 0 Å². The minimum atomic E-state index is -0.395. The fraction of sp³-hybridized carbons (Fsp3) is 0.818. The van der Waals surface area contributed by atoms with Gasteiger partial charge in [-0.05, 0) is 17.6 Å². The molecule has 1 aliphatic rings. The maximum atomic E-state index is 11.7. The second-order valence-corrected chi connectivity index (χ2v) is 5.03. The molecule has 0 bridgehead atoms. The Hall–Kier alpha value is -0.710. The second kappa shape index (κ2) is 5.57. The summed E-state index contributed by atoms with van der Waals surface area (Å²) in [6.45, 7) is 6.13. The molecule has 0 aliphatic carbocycles. The molecule has 1 heterocycles. The van der Waals surface area contributed by atoms with Gasteiger partial charge in [0.15, 0.2) is 0 Å². The van der Waals surface area contributed by atoms with Gasteiger partial charge < -0.3 is 9.80 Å². The fourth-order valence-corrected chi connectivity index (χ4v) is 2.25. The molecular weight excluding hydrogens is 224 g/mol. The summed E-state index contributed by atoms with van der Waals surface area (Å²) in [5, 5.41) is 0. The minimum Gasteiger partial charge on any atom is -0.336 e. The second-order valence-electron chi connectivity index (χ2n) is 4.66. The smallest absolute Gasteiger partial charge is 0.312 e. The maximum absolute atomic E-state index is 11.7. The molecule has 1 fully saturated rings. The highest BCUT2D eigenvalue weighted by molar-refractivity contribution is 7.80. The van der Waals surface area contributed by atoms with Crippen molar-refractivity contribution in [2.45, 2.75) is 13.8 Å². The van der Waals surface area contributed by atoms with Crippen LogP contribution in [0.1, 0.15) is 13.8 Å². The van der Waals surface area contributed by atoms with Crippen LogP contribution in [0, 0.1) is 11.8 Å². The molecule has 1 atom stereocenters. The van der Waals surface area contributed by atoms with Crippen molar-refractivity contribution in [1.29, 1.82) is 0 Å². The first kappa shape index (κ1) is 13.4. The van der Waals surface area contributed by atoms with E-state index in [-0.39, 0.29) is 5.91 Å². The number of nitrogens with zero attached hydrogens (tertiary/aromatic N) is 2. The molecular formula is C11H20N2O2S. The number of thiol groups is 1. The number of piperazine rings is 1. The number of carbonyl (C=O) groups is 2. The number of amides is 2. The standard InChI is InChI=1S/C11H20N2O2S/c1-8(2)9(7-16)6-13-5-4-12(3)10(14)11(13)15/h8-9,16H,4-7H2,1-3H3. The lowest BCUT2D eigenvalue weighted by Gasteiger charge is -2.34. The van der Waals surface area contributed by atoms with Crippen LogP contribution in [-0.2, 0) is 9.59 Å². The van der Waals surface area contributed by atoms with E-state index in [9.17, 15) is 9.59 Å². The molecule has 0 aromatic heterocycles. The third kappa shape index (κ3) is 2.90. The Labute approximate surface area is 102 Å². The molecule has 0 aromatic carbocycles.